The molecule has 0 aromatic heterocycles. The Hall–Kier alpha value is -1.12. The molecule has 0 heterocycles. The van der Waals surface area contributed by atoms with E-state index in [4.69, 9.17) is 0 Å². The van der Waals surface area contributed by atoms with Crippen molar-refractivity contribution in [1.29, 1.82) is 0 Å². The maximum absolute atomic E-state index is 3.94. The van der Waals surface area contributed by atoms with Crippen LogP contribution in [-0.4, -0.2) is 15.8 Å². The number of benzene rings is 2. The molecule has 2 aromatic rings. The minimum Gasteiger partial charge on any atom is -0.291 e. The maximum atomic E-state index is 3.94. The predicted octanol–water partition coefficient (Wildman–Crippen LogP) is 5.39. The van der Waals surface area contributed by atoms with Crippen LogP contribution in [0.5, 0.6) is 0 Å². The first-order valence-corrected chi connectivity index (χ1v) is 9.20. The summed E-state index contributed by atoms with van der Waals surface area (Å²) >= 11 is 3.94. The Kier molecular flexibility index (Phi) is 5.69. The first-order chi connectivity index (χ1) is 10.8. The van der Waals surface area contributed by atoms with Gasteiger partial charge in [-0.15, -0.1) is 0 Å². The lowest BCUT2D eigenvalue weighted by molar-refractivity contribution is 0.147. The van der Waals surface area contributed by atoms with Crippen LogP contribution in [0.4, 0.5) is 0 Å². The minimum absolute atomic E-state index is 0.619. The molecule has 1 aliphatic rings. The van der Waals surface area contributed by atoms with Gasteiger partial charge in [-0.25, -0.2) is 0 Å². The maximum Gasteiger partial charge on any atom is 0.0301 e. The molecular formula is C20H24BrN. The number of rotatable bonds is 5. The van der Waals surface area contributed by atoms with Crippen molar-refractivity contribution in [2.75, 3.05) is 0 Å². The fraction of sp³-hybridized carbons (Fsp3) is 0.400. The van der Waals surface area contributed by atoms with Crippen molar-refractivity contribution >= 4 is 15.9 Å². The van der Waals surface area contributed by atoms with Crippen LogP contribution < -0.4 is 0 Å². The summed E-state index contributed by atoms with van der Waals surface area (Å²) in [5.74, 6) is 0. The van der Waals surface area contributed by atoms with Gasteiger partial charge in [0.15, 0.2) is 0 Å². The molecule has 0 spiro atoms. The van der Waals surface area contributed by atoms with Crippen molar-refractivity contribution in [3.8, 4) is 0 Å². The number of halogens is 1. The molecule has 0 amide bonds. The Morgan fingerprint density at radius 3 is 1.77 bits per heavy atom. The van der Waals surface area contributed by atoms with Crippen LogP contribution >= 0.6 is 15.9 Å². The van der Waals surface area contributed by atoms with E-state index in [9.17, 15) is 0 Å². The van der Waals surface area contributed by atoms with Crippen molar-refractivity contribution in [2.45, 2.75) is 49.6 Å². The van der Waals surface area contributed by atoms with E-state index >= 15 is 0 Å². The zero-order valence-corrected chi connectivity index (χ0v) is 14.6. The van der Waals surface area contributed by atoms with E-state index in [0.717, 1.165) is 13.1 Å². The Balaban J connectivity index is 1.78. The van der Waals surface area contributed by atoms with Gasteiger partial charge in [-0.05, 0) is 24.0 Å². The molecule has 0 unspecified atom stereocenters. The van der Waals surface area contributed by atoms with Gasteiger partial charge >= 0.3 is 0 Å². The molecule has 2 heteroatoms. The number of alkyl halides is 1. The van der Waals surface area contributed by atoms with Gasteiger partial charge in [-0.2, -0.15) is 0 Å². The second-order valence-corrected chi connectivity index (χ2v) is 7.42. The number of hydrogen-bond donors (Lipinski definition) is 0. The van der Waals surface area contributed by atoms with E-state index in [1.165, 1.54) is 36.8 Å². The van der Waals surface area contributed by atoms with Crippen LogP contribution in [0.25, 0.3) is 0 Å². The van der Waals surface area contributed by atoms with Gasteiger partial charge in [0.2, 0.25) is 0 Å². The summed E-state index contributed by atoms with van der Waals surface area (Å²) in [4.78, 5) is 3.28. The molecule has 22 heavy (non-hydrogen) atoms. The summed E-state index contributed by atoms with van der Waals surface area (Å²) in [6.07, 6.45) is 5.31. The molecule has 0 saturated heterocycles. The summed E-state index contributed by atoms with van der Waals surface area (Å²) in [6, 6.07) is 22.4. The van der Waals surface area contributed by atoms with Crippen LogP contribution in [-0.2, 0) is 13.1 Å². The van der Waals surface area contributed by atoms with Crippen LogP contribution in [0, 0.1) is 0 Å². The third-order valence-corrected chi connectivity index (χ3v) is 5.64. The molecule has 2 aromatic carbocycles. The highest BCUT2D eigenvalue weighted by atomic mass is 79.9. The van der Waals surface area contributed by atoms with Gasteiger partial charge in [0.05, 0.1) is 0 Å². The van der Waals surface area contributed by atoms with Crippen molar-refractivity contribution in [3.63, 3.8) is 0 Å². The molecule has 0 aliphatic heterocycles. The molecule has 0 bridgehead atoms. The molecule has 3 rings (SSSR count). The van der Waals surface area contributed by atoms with Crippen molar-refractivity contribution in [1.82, 2.24) is 4.90 Å². The molecular weight excluding hydrogens is 334 g/mol. The van der Waals surface area contributed by atoms with E-state index in [-0.39, 0.29) is 0 Å². The Labute approximate surface area is 142 Å². The fourth-order valence-electron chi connectivity index (χ4n) is 3.40. The summed E-state index contributed by atoms with van der Waals surface area (Å²) in [5.41, 5.74) is 2.81. The van der Waals surface area contributed by atoms with E-state index < -0.39 is 0 Å². The largest absolute Gasteiger partial charge is 0.291 e. The second kappa shape index (κ2) is 7.94. The van der Waals surface area contributed by atoms with Gasteiger partial charge in [0.25, 0.3) is 0 Å². The Morgan fingerprint density at radius 1 is 0.773 bits per heavy atom. The monoisotopic (exact) mass is 357 g/mol. The van der Waals surface area contributed by atoms with Gasteiger partial charge in [0, 0.05) is 24.0 Å². The van der Waals surface area contributed by atoms with Crippen LogP contribution in [0.2, 0.25) is 0 Å². The molecule has 0 radical (unpaired) electrons. The van der Waals surface area contributed by atoms with Crippen LogP contribution in [0.1, 0.15) is 36.8 Å². The first-order valence-electron chi connectivity index (χ1n) is 8.29. The summed E-state index contributed by atoms with van der Waals surface area (Å²) in [6.45, 7) is 2.06. The molecule has 1 aliphatic carbocycles. The lowest BCUT2D eigenvalue weighted by Crippen LogP contribution is -2.42. The zero-order chi connectivity index (χ0) is 15.2. The summed E-state index contributed by atoms with van der Waals surface area (Å²) < 4.78 is 0. The molecule has 1 saturated carbocycles. The number of hydrogen-bond acceptors (Lipinski definition) is 1. The van der Waals surface area contributed by atoms with Crippen molar-refractivity contribution in [3.05, 3.63) is 71.8 Å². The zero-order valence-electron chi connectivity index (χ0n) is 13.0. The summed E-state index contributed by atoms with van der Waals surface area (Å²) in [5, 5.41) is 0. The SMILES string of the molecule is Br[C@@H]1CCCC[C@H]1N(Cc1ccccc1)Cc1ccccc1. The number of nitrogens with zero attached hydrogens (tertiary/aromatic N) is 1. The smallest absolute Gasteiger partial charge is 0.0301 e. The summed E-state index contributed by atoms with van der Waals surface area (Å²) in [7, 11) is 0. The van der Waals surface area contributed by atoms with Crippen LogP contribution in [0.15, 0.2) is 60.7 Å². The molecule has 0 N–H and O–H groups in total. The van der Waals surface area contributed by atoms with E-state index in [2.05, 4.69) is 81.5 Å². The third-order valence-electron chi connectivity index (χ3n) is 4.57. The van der Waals surface area contributed by atoms with Crippen molar-refractivity contribution in [2.24, 2.45) is 0 Å². The average Bonchev–Trinajstić information content (AvgIpc) is 2.57. The molecule has 1 fully saturated rings. The highest BCUT2D eigenvalue weighted by Gasteiger charge is 2.28. The van der Waals surface area contributed by atoms with Gasteiger partial charge in [0.1, 0.15) is 0 Å². The standard InChI is InChI=1S/C20H24BrN/c21-19-13-7-8-14-20(19)22(15-17-9-3-1-4-10-17)16-18-11-5-2-6-12-18/h1-6,9-12,19-20H,7-8,13-16H2/t19-,20-/m1/s1. The molecule has 116 valence electrons. The van der Waals surface area contributed by atoms with Gasteiger partial charge in [-0.3, -0.25) is 4.90 Å². The second-order valence-electron chi connectivity index (χ2n) is 6.24. The average molecular weight is 358 g/mol. The topological polar surface area (TPSA) is 3.24 Å². The third kappa shape index (κ3) is 4.21. The first kappa shape index (κ1) is 15.8. The Morgan fingerprint density at radius 2 is 1.27 bits per heavy atom. The van der Waals surface area contributed by atoms with Crippen LogP contribution in [0.3, 0.4) is 0 Å². The molecule has 1 nitrogen and oxygen atoms in total. The quantitative estimate of drug-likeness (QED) is 0.648. The van der Waals surface area contributed by atoms with Gasteiger partial charge in [-0.1, -0.05) is 89.4 Å². The lowest BCUT2D eigenvalue weighted by Gasteiger charge is -2.38. The molecule has 2 atom stereocenters. The van der Waals surface area contributed by atoms with Gasteiger partial charge < -0.3 is 0 Å². The van der Waals surface area contributed by atoms with Crippen molar-refractivity contribution < 1.29 is 0 Å². The minimum atomic E-state index is 0.619. The van der Waals surface area contributed by atoms with E-state index in [1.807, 2.05) is 0 Å². The fourth-order valence-corrected chi connectivity index (χ4v) is 4.33. The Bertz CT molecular complexity index is 513. The predicted molar refractivity (Wildman–Crippen MR) is 97.1 cm³/mol. The highest BCUT2D eigenvalue weighted by Crippen LogP contribution is 2.30. The lowest BCUT2D eigenvalue weighted by atomic mass is 9.93. The van der Waals surface area contributed by atoms with E-state index in [0.29, 0.717) is 10.9 Å². The highest BCUT2D eigenvalue weighted by molar-refractivity contribution is 9.09. The van der Waals surface area contributed by atoms with E-state index in [1.54, 1.807) is 0 Å². The normalized spacial score (nSPS) is 21.9.